The molecule has 5 rings (SSSR count). The molecule has 0 radical (unpaired) electrons. The number of nitrogens with one attached hydrogen (secondary N) is 1. The number of hydrogen-bond donors (Lipinski definition) is 1. The summed E-state index contributed by atoms with van der Waals surface area (Å²) in [6, 6.07) is 15.8. The van der Waals surface area contributed by atoms with Crippen LogP contribution in [0, 0.1) is 25.2 Å². The molecular weight excluding hydrogens is 450 g/mol. The average molecular weight is 470 g/mol. The molecule has 0 spiro atoms. The zero-order chi connectivity index (χ0) is 23.7. The Kier molecular flexibility index (Phi) is 5.70. The van der Waals surface area contributed by atoms with Crippen molar-refractivity contribution in [3.05, 3.63) is 76.9 Å². The van der Waals surface area contributed by atoms with Crippen LogP contribution in [0.5, 0.6) is 0 Å². The number of benzene rings is 2. The molecule has 0 fully saturated rings. The Morgan fingerprint density at radius 3 is 2.76 bits per heavy atom. The summed E-state index contributed by atoms with van der Waals surface area (Å²) in [6.07, 6.45) is 3.43. The van der Waals surface area contributed by atoms with Crippen LogP contribution in [0.4, 0.5) is 5.82 Å². The second-order valence-corrected chi connectivity index (χ2v) is 8.33. The van der Waals surface area contributed by atoms with Gasteiger partial charge in [-0.05, 0) is 49.2 Å². The lowest BCUT2D eigenvalue weighted by atomic mass is 10.0. The molecule has 168 valence electrons. The van der Waals surface area contributed by atoms with Crippen molar-refractivity contribution in [3.63, 3.8) is 0 Å². The molecule has 34 heavy (non-hydrogen) atoms. The summed E-state index contributed by atoms with van der Waals surface area (Å²) in [6.45, 7) is 4.52. The zero-order valence-corrected chi connectivity index (χ0v) is 19.3. The zero-order valence-electron chi connectivity index (χ0n) is 18.6. The fourth-order valence-electron chi connectivity index (χ4n) is 3.91. The van der Waals surface area contributed by atoms with Crippen molar-refractivity contribution < 1.29 is 4.52 Å². The molecule has 5 aromatic rings. The van der Waals surface area contributed by atoms with Gasteiger partial charge in [0.2, 0.25) is 0 Å². The summed E-state index contributed by atoms with van der Waals surface area (Å²) in [5.41, 5.74) is 5.31. The van der Waals surface area contributed by atoms with Crippen LogP contribution in [0.15, 0.2) is 59.4 Å². The van der Waals surface area contributed by atoms with E-state index in [2.05, 4.69) is 21.6 Å². The maximum Gasteiger partial charge on any atom is 0.165 e. The van der Waals surface area contributed by atoms with Gasteiger partial charge in [0.15, 0.2) is 5.82 Å². The van der Waals surface area contributed by atoms with Gasteiger partial charge in [-0.2, -0.15) is 10.4 Å². The molecule has 0 saturated carbocycles. The minimum absolute atomic E-state index is 0.161. The monoisotopic (exact) mass is 469 g/mol. The molecule has 0 bridgehead atoms. The molecule has 0 unspecified atom stereocenters. The first kappa shape index (κ1) is 21.6. The normalized spacial score (nSPS) is 11.0. The van der Waals surface area contributed by atoms with Gasteiger partial charge >= 0.3 is 0 Å². The Balaban J connectivity index is 1.61. The van der Waals surface area contributed by atoms with Crippen LogP contribution < -0.4 is 5.32 Å². The van der Waals surface area contributed by atoms with Gasteiger partial charge in [0, 0.05) is 28.7 Å². The van der Waals surface area contributed by atoms with Gasteiger partial charge in [0.25, 0.3) is 0 Å². The maximum absolute atomic E-state index is 8.95. The van der Waals surface area contributed by atoms with Crippen molar-refractivity contribution in [2.75, 3.05) is 5.32 Å². The summed E-state index contributed by atoms with van der Waals surface area (Å²) in [5, 5.41) is 22.3. The molecule has 1 N–H and O–H groups in total. The van der Waals surface area contributed by atoms with E-state index in [1.54, 1.807) is 17.1 Å². The van der Waals surface area contributed by atoms with E-state index in [0.29, 0.717) is 23.2 Å². The number of aryl methyl sites for hydroxylation is 2. The topological polar surface area (TPSA) is 105 Å². The van der Waals surface area contributed by atoms with Gasteiger partial charge in [0.05, 0.1) is 29.0 Å². The van der Waals surface area contributed by atoms with Gasteiger partial charge in [-0.1, -0.05) is 35.0 Å². The van der Waals surface area contributed by atoms with Crippen molar-refractivity contribution in [2.45, 2.75) is 26.9 Å². The highest BCUT2D eigenvalue weighted by atomic mass is 35.5. The van der Waals surface area contributed by atoms with Gasteiger partial charge in [-0.15, -0.1) is 0 Å². The molecule has 0 atom stereocenters. The fraction of sp³-hybridized carbons (Fsp3) is 0.160. The SMILES string of the molecule is Cc1noc(C)c1-c1ccc2nc(-c3cnn(CC#N)c3)nc(NCc3cccc(Cl)c3)c2c1. The van der Waals surface area contributed by atoms with Gasteiger partial charge in [-0.3, -0.25) is 4.68 Å². The third-order valence-electron chi connectivity index (χ3n) is 5.49. The van der Waals surface area contributed by atoms with Crippen LogP contribution in [0.2, 0.25) is 5.02 Å². The molecule has 9 heteroatoms. The van der Waals surface area contributed by atoms with Gasteiger partial charge in [0.1, 0.15) is 18.1 Å². The summed E-state index contributed by atoms with van der Waals surface area (Å²) in [7, 11) is 0. The number of halogens is 1. The van der Waals surface area contributed by atoms with Crippen LogP contribution >= 0.6 is 11.6 Å². The molecule has 0 amide bonds. The first-order valence-corrected chi connectivity index (χ1v) is 11.0. The molecule has 3 heterocycles. The molecule has 3 aromatic heterocycles. The number of nitriles is 1. The van der Waals surface area contributed by atoms with Gasteiger partial charge < -0.3 is 9.84 Å². The Morgan fingerprint density at radius 2 is 2.00 bits per heavy atom. The van der Waals surface area contributed by atoms with Crippen LogP contribution in [0.3, 0.4) is 0 Å². The van der Waals surface area contributed by atoms with Gasteiger partial charge in [-0.25, -0.2) is 9.97 Å². The minimum Gasteiger partial charge on any atom is -0.365 e. The van der Waals surface area contributed by atoms with Crippen molar-refractivity contribution >= 4 is 28.3 Å². The molecule has 0 aliphatic carbocycles. The molecule has 2 aromatic carbocycles. The summed E-state index contributed by atoms with van der Waals surface area (Å²) < 4.78 is 6.92. The molecule has 8 nitrogen and oxygen atoms in total. The number of hydrogen-bond acceptors (Lipinski definition) is 7. The lowest BCUT2D eigenvalue weighted by molar-refractivity contribution is 0.393. The van der Waals surface area contributed by atoms with E-state index in [-0.39, 0.29) is 6.54 Å². The van der Waals surface area contributed by atoms with E-state index >= 15 is 0 Å². The predicted octanol–water partition coefficient (Wildman–Crippen LogP) is 5.55. The molecular formula is C25H20ClN7O. The van der Waals surface area contributed by atoms with Crippen LogP contribution in [0.25, 0.3) is 33.4 Å². The first-order chi connectivity index (χ1) is 16.5. The standard InChI is InChI=1S/C25H20ClN7O/c1-15-23(16(2)34-32-15)18-6-7-22-21(11-18)25(28-12-17-4-3-5-20(26)10-17)31-24(30-22)19-13-29-33(14-19)9-8-27/h3-7,10-11,13-14H,9,12H2,1-2H3,(H,28,30,31). The highest BCUT2D eigenvalue weighted by Crippen LogP contribution is 2.32. The van der Waals surface area contributed by atoms with E-state index < -0.39 is 0 Å². The fourth-order valence-corrected chi connectivity index (χ4v) is 4.13. The van der Waals surface area contributed by atoms with E-state index in [9.17, 15) is 0 Å². The van der Waals surface area contributed by atoms with E-state index in [0.717, 1.165) is 44.6 Å². The quantitative estimate of drug-likeness (QED) is 0.347. The van der Waals surface area contributed by atoms with Crippen molar-refractivity contribution in [2.24, 2.45) is 0 Å². The first-order valence-electron chi connectivity index (χ1n) is 10.6. The van der Waals surface area contributed by atoms with Crippen LogP contribution in [-0.2, 0) is 13.1 Å². The lowest BCUT2D eigenvalue weighted by Crippen LogP contribution is -2.04. The Hall–Kier alpha value is -4.22. The second kappa shape index (κ2) is 8.96. The Labute approximate surface area is 200 Å². The van der Waals surface area contributed by atoms with E-state index in [1.807, 2.05) is 56.3 Å². The Bertz CT molecular complexity index is 1530. The molecule has 0 saturated heterocycles. The third-order valence-corrected chi connectivity index (χ3v) is 5.73. The summed E-state index contributed by atoms with van der Waals surface area (Å²) in [4.78, 5) is 9.59. The number of rotatable bonds is 6. The average Bonchev–Trinajstić information content (AvgIpc) is 3.43. The predicted molar refractivity (Wildman–Crippen MR) is 130 cm³/mol. The van der Waals surface area contributed by atoms with E-state index in [4.69, 9.17) is 31.4 Å². The van der Waals surface area contributed by atoms with Crippen LogP contribution in [-0.4, -0.2) is 24.9 Å². The Morgan fingerprint density at radius 1 is 1.12 bits per heavy atom. The number of nitrogens with zero attached hydrogens (tertiary/aromatic N) is 6. The number of fused-ring (bicyclic) bond motifs is 1. The van der Waals surface area contributed by atoms with Crippen LogP contribution in [0.1, 0.15) is 17.0 Å². The molecule has 0 aliphatic heterocycles. The minimum atomic E-state index is 0.161. The second-order valence-electron chi connectivity index (χ2n) is 7.90. The number of aromatic nitrogens is 5. The van der Waals surface area contributed by atoms with Crippen molar-refractivity contribution in [3.8, 4) is 28.6 Å². The highest BCUT2D eigenvalue weighted by molar-refractivity contribution is 6.30. The summed E-state index contributed by atoms with van der Waals surface area (Å²) >= 11 is 6.16. The molecule has 0 aliphatic rings. The maximum atomic E-state index is 8.95. The largest absolute Gasteiger partial charge is 0.365 e. The van der Waals surface area contributed by atoms with E-state index in [1.165, 1.54) is 0 Å². The smallest absolute Gasteiger partial charge is 0.165 e. The van der Waals surface area contributed by atoms with Crippen molar-refractivity contribution in [1.29, 1.82) is 5.26 Å². The highest BCUT2D eigenvalue weighted by Gasteiger charge is 2.16. The number of anilines is 1. The lowest BCUT2D eigenvalue weighted by Gasteiger charge is -2.12. The third kappa shape index (κ3) is 4.21. The van der Waals surface area contributed by atoms with Crippen molar-refractivity contribution in [1.82, 2.24) is 24.9 Å². The summed E-state index contributed by atoms with van der Waals surface area (Å²) in [5.74, 6) is 1.96.